The summed E-state index contributed by atoms with van der Waals surface area (Å²) in [7, 11) is 0. The quantitative estimate of drug-likeness (QED) is 0.224. The molecule has 2 aliphatic heterocycles. The number of carbonyl (C=O) groups is 1. The van der Waals surface area contributed by atoms with Crippen LogP contribution in [0.15, 0.2) is 30.3 Å². The van der Waals surface area contributed by atoms with Crippen molar-refractivity contribution in [3.05, 3.63) is 35.9 Å². The Balaban J connectivity index is 1.38. The Hall–Kier alpha value is -1.43. The number of β-lactam (4-membered cyclic amide) rings is 1. The number of benzene rings is 1. The standard InChI is InChI=1S/C29H47NO4/c1-4-5-6-7-8-9-10-11-12-13-14-18-21-24-27(34-29(2,3)33-24)25-26(31)28(32)30(25)22-23-19-16-15-17-20-23/h15-17,19-20,24-27,31H,4-14,18,21-22H2,1-3H3/t24-,25+,26+,27+/m1/s1. The van der Waals surface area contributed by atoms with Crippen LogP contribution < -0.4 is 0 Å². The van der Waals surface area contributed by atoms with Crippen LogP contribution in [0.4, 0.5) is 0 Å². The number of hydrogen-bond acceptors (Lipinski definition) is 4. The Morgan fingerprint density at radius 3 is 2.00 bits per heavy atom. The van der Waals surface area contributed by atoms with Gasteiger partial charge in [0.15, 0.2) is 11.9 Å². The molecule has 0 bridgehead atoms. The van der Waals surface area contributed by atoms with E-state index in [9.17, 15) is 9.90 Å². The van der Waals surface area contributed by atoms with Crippen molar-refractivity contribution >= 4 is 5.91 Å². The zero-order valence-corrected chi connectivity index (χ0v) is 21.7. The van der Waals surface area contributed by atoms with E-state index in [0.29, 0.717) is 6.54 Å². The summed E-state index contributed by atoms with van der Waals surface area (Å²) in [6.45, 7) is 6.62. The van der Waals surface area contributed by atoms with Crippen LogP contribution >= 0.6 is 0 Å². The predicted molar refractivity (Wildman–Crippen MR) is 136 cm³/mol. The lowest BCUT2D eigenvalue weighted by Crippen LogP contribution is -2.69. The smallest absolute Gasteiger partial charge is 0.254 e. The number of aliphatic hydroxyl groups excluding tert-OH is 1. The number of ether oxygens (including phenoxy) is 2. The maximum Gasteiger partial charge on any atom is 0.254 e. The van der Waals surface area contributed by atoms with E-state index in [-0.39, 0.29) is 24.2 Å². The van der Waals surface area contributed by atoms with Crippen molar-refractivity contribution in [2.45, 2.75) is 141 Å². The van der Waals surface area contributed by atoms with Crippen molar-refractivity contribution in [1.82, 2.24) is 4.90 Å². The fourth-order valence-electron chi connectivity index (χ4n) is 5.43. The fourth-order valence-corrected chi connectivity index (χ4v) is 5.43. The zero-order chi connectivity index (χ0) is 24.4. The number of aliphatic hydroxyl groups is 1. The summed E-state index contributed by atoms with van der Waals surface area (Å²) in [6, 6.07) is 9.58. The Bertz CT molecular complexity index is 722. The van der Waals surface area contributed by atoms with Crippen LogP contribution in [0.2, 0.25) is 0 Å². The van der Waals surface area contributed by atoms with Gasteiger partial charge in [0, 0.05) is 6.54 Å². The van der Waals surface area contributed by atoms with E-state index < -0.39 is 11.9 Å². The molecular formula is C29H47NO4. The summed E-state index contributed by atoms with van der Waals surface area (Å²) >= 11 is 0. The molecule has 2 heterocycles. The third kappa shape index (κ3) is 7.79. The molecule has 1 aromatic rings. The van der Waals surface area contributed by atoms with E-state index in [4.69, 9.17) is 9.47 Å². The monoisotopic (exact) mass is 473 g/mol. The highest BCUT2D eigenvalue weighted by atomic mass is 16.8. The van der Waals surface area contributed by atoms with Crippen LogP contribution in [0.5, 0.6) is 0 Å². The normalized spacial score (nSPS) is 26.1. The first kappa shape index (κ1) is 27.2. The summed E-state index contributed by atoms with van der Waals surface area (Å²) in [4.78, 5) is 14.2. The number of carbonyl (C=O) groups excluding carboxylic acids is 1. The Labute approximate surface area is 207 Å². The minimum Gasteiger partial charge on any atom is -0.381 e. The maximum absolute atomic E-state index is 12.5. The number of nitrogens with zero attached hydrogens (tertiary/aromatic N) is 1. The van der Waals surface area contributed by atoms with Crippen molar-refractivity contribution in [3.63, 3.8) is 0 Å². The van der Waals surface area contributed by atoms with E-state index >= 15 is 0 Å². The topological polar surface area (TPSA) is 59.0 Å². The number of amides is 1. The molecular weight excluding hydrogens is 426 g/mol. The first-order valence-electron chi connectivity index (χ1n) is 13.8. The molecule has 0 spiro atoms. The third-order valence-electron chi connectivity index (χ3n) is 7.32. The van der Waals surface area contributed by atoms with E-state index in [2.05, 4.69) is 6.92 Å². The Morgan fingerprint density at radius 1 is 0.853 bits per heavy atom. The lowest BCUT2D eigenvalue weighted by molar-refractivity contribution is -0.190. The van der Waals surface area contributed by atoms with Crippen LogP contribution in [0, 0.1) is 0 Å². The Kier molecular flexibility index (Phi) is 10.9. The van der Waals surface area contributed by atoms with E-state index in [1.807, 2.05) is 44.2 Å². The molecule has 0 aromatic heterocycles. The third-order valence-corrected chi connectivity index (χ3v) is 7.32. The molecule has 2 aliphatic rings. The van der Waals surface area contributed by atoms with Crippen molar-refractivity contribution in [1.29, 1.82) is 0 Å². The number of hydrogen-bond donors (Lipinski definition) is 1. The van der Waals surface area contributed by atoms with Gasteiger partial charge in [-0.25, -0.2) is 0 Å². The molecule has 1 aromatic carbocycles. The van der Waals surface area contributed by atoms with Gasteiger partial charge in [-0.2, -0.15) is 0 Å². The van der Waals surface area contributed by atoms with Gasteiger partial charge in [0.1, 0.15) is 6.10 Å². The number of rotatable bonds is 16. The van der Waals surface area contributed by atoms with Gasteiger partial charge >= 0.3 is 0 Å². The SMILES string of the molecule is CCCCCCCCCCCCCC[C@H]1OC(C)(C)O[C@@H]1[C@@H]1[C@H](O)C(=O)N1Cc1ccccc1. The lowest BCUT2D eigenvalue weighted by Gasteiger charge is -2.47. The molecule has 5 heteroatoms. The van der Waals surface area contributed by atoms with Crippen LogP contribution in [0.1, 0.15) is 110 Å². The van der Waals surface area contributed by atoms with Crippen molar-refractivity contribution in [2.24, 2.45) is 0 Å². The molecule has 5 nitrogen and oxygen atoms in total. The molecule has 192 valence electrons. The molecule has 1 amide bonds. The minimum atomic E-state index is -1.00. The predicted octanol–water partition coefficient (Wildman–Crippen LogP) is 6.37. The number of unbranched alkanes of at least 4 members (excludes halogenated alkanes) is 11. The first-order valence-corrected chi connectivity index (χ1v) is 13.8. The van der Waals surface area contributed by atoms with Crippen molar-refractivity contribution < 1.29 is 19.4 Å². The molecule has 4 atom stereocenters. The van der Waals surface area contributed by atoms with E-state index in [1.54, 1.807) is 4.90 Å². The molecule has 0 aliphatic carbocycles. The van der Waals surface area contributed by atoms with Gasteiger partial charge in [-0.05, 0) is 25.8 Å². The molecule has 3 rings (SSSR count). The van der Waals surface area contributed by atoms with Gasteiger partial charge in [0.2, 0.25) is 0 Å². The van der Waals surface area contributed by atoms with Crippen LogP contribution in [0.3, 0.4) is 0 Å². The van der Waals surface area contributed by atoms with Gasteiger partial charge in [0.25, 0.3) is 5.91 Å². The van der Waals surface area contributed by atoms with Crippen molar-refractivity contribution in [2.75, 3.05) is 0 Å². The van der Waals surface area contributed by atoms with Gasteiger partial charge in [-0.15, -0.1) is 0 Å². The zero-order valence-electron chi connectivity index (χ0n) is 21.7. The fraction of sp³-hybridized carbons (Fsp3) is 0.759. The summed E-state index contributed by atoms with van der Waals surface area (Å²) < 4.78 is 12.5. The van der Waals surface area contributed by atoms with Crippen LogP contribution in [-0.4, -0.2) is 46.1 Å². The summed E-state index contributed by atoms with van der Waals surface area (Å²) in [5.74, 6) is -0.908. The van der Waals surface area contributed by atoms with E-state index in [0.717, 1.165) is 18.4 Å². The first-order chi connectivity index (χ1) is 16.4. The highest BCUT2D eigenvalue weighted by Crippen LogP contribution is 2.39. The second kappa shape index (κ2) is 13.6. The molecule has 0 unspecified atom stereocenters. The highest BCUT2D eigenvalue weighted by molar-refractivity contribution is 5.88. The summed E-state index contributed by atoms with van der Waals surface area (Å²) in [6.07, 6.45) is 15.4. The minimum absolute atomic E-state index is 0.0934. The van der Waals surface area contributed by atoms with Gasteiger partial charge in [-0.3, -0.25) is 4.79 Å². The van der Waals surface area contributed by atoms with Crippen molar-refractivity contribution in [3.8, 4) is 0 Å². The second-order valence-electron chi connectivity index (χ2n) is 10.7. The molecule has 34 heavy (non-hydrogen) atoms. The number of likely N-dealkylation sites (tertiary alicyclic amines) is 1. The maximum atomic E-state index is 12.5. The molecule has 0 saturated carbocycles. The summed E-state index contributed by atoms with van der Waals surface area (Å²) in [5.41, 5.74) is 1.06. The largest absolute Gasteiger partial charge is 0.381 e. The van der Waals surface area contributed by atoms with Crippen LogP contribution in [0.25, 0.3) is 0 Å². The molecule has 2 saturated heterocycles. The average Bonchev–Trinajstić information content (AvgIpc) is 3.13. The van der Waals surface area contributed by atoms with E-state index in [1.165, 1.54) is 70.6 Å². The van der Waals surface area contributed by atoms with Gasteiger partial charge < -0.3 is 19.5 Å². The van der Waals surface area contributed by atoms with Crippen LogP contribution in [-0.2, 0) is 20.8 Å². The van der Waals surface area contributed by atoms with Gasteiger partial charge in [-0.1, -0.05) is 114 Å². The summed E-state index contributed by atoms with van der Waals surface area (Å²) in [5, 5.41) is 10.5. The Morgan fingerprint density at radius 2 is 1.41 bits per heavy atom. The lowest BCUT2D eigenvalue weighted by atomic mass is 9.87. The van der Waals surface area contributed by atoms with Gasteiger partial charge in [0.05, 0.1) is 12.1 Å². The molecule has 2 fully saturated rings. The molecule has 1 N–H and O–H groups in total. The molecule has 0 radical (unpaired) electrons. The average molecular weight is 474 g/mol. The highest BCUT2D eigenvalue weighted by Gasteiger charge is 2.57. The second-order valence-corrected chi connectivity index (χ2v) is 10.7.